The molecule has 3 N–H and O–H groups in total. The standard InChI is InChI=1S/C11H14BrFN2O2/c1-7(16)2-3-14-11(17)15-10-5-8(12)4-9(13)6-10/h4-7,16H,2-3H2,1H3,(H2,14,15,17). The van der Waals surface area contributed by atoms with Gasteiger partial charge in [-0.25, -0.2) is 9.18 Å². The number of aliphatic hydroxyl groups excluding tert-OH is 1. The molecule has 1 rings (SSSR count). The van der Waals surface area contributed by atoms with Gasteiger partial charge in [0.25, 0.3) is 0 Å². The molecule has 1 aromatic carbocycles. The maximum Gasteiger partial charge on any atom is 0.319 e. The van der Waals surface area contributed by atoms with Crippen molar-refractivity contribution in [3.63, 3.8) is 0 Å². The molecule has 17 heavy (non-hydrogen) atoms. The zero-order valence-corrected chi connectivity index (χ0v) is 10.9. The lowest BCUT2D eigenvalue weighted by atomic mass is 10.3. The molecule has 0 spiro atoms. The first-order valence-electron chi connectivity index (χ1n) is 5.16. The maximum absolute atomic E-state index is 13.0. The molecule has 0 bridgehead atoms. The van der Waals surface area contributed by atoms with Gasteiger partial charge in [0.2, 0.25) is 0 Å². The summed E-state index contributed by atoms with van der Waals surface area (Å²) in [5.41, 5.74) is 0.367. The van der Waals surface area contributed by atoms with E-state index in [1.807, 2.05) is 0 Å². The molecule has 1 atom stereocenters. The smallest absolute Gasteiger partial charge is 0.319 e. The van der Waals surface area contributed by atoms with E-state index < -0.39 is 18.0 Å². The van der Waals surface area contributed by atoms with Crippen LogP contribution in [0.25, 0.3) is 0 Å². The number of nitrogens with one attached hydrogen (secondary N) is 2. The first-order valence-corrected chi connectivity index (χ1v) is 5.95. The van der Waals surface area contributed by atoms with Gasteiger partial charge in [-0.05, 0) is 31.5 Å². The van der Waals surface area contributed by atoms with Crippen molar-refractivity contribution < 1.29 is 14.3 Å². The number of carbonyl (C=O) groups excluding carboxylic acids is 1. The Hall–Kier alpha value is -1.14. The minimum atomic E-state index is -0.460. The van der Waals surface area contributed by atoms with Crippen molar-refractivity contribution in [2.45, 2.75) is 19.4 Å². The highest BCUT2D eigenvalue weighted by atomic mass is 79.9. The number of rotatable bonds is 4. The van der Waals surface area contributed by atoms with Crippen LogP contribution in [0.1, 0.15) is 13.3 Å². The van der Waals surface area contributed by atoms with Crippen LogP contribution in [0.4, 0.5) is 14.9 Å². The Morgan fingerprint density at radius 1 is 1.53 bits per heavy atom. The minimum absolute atomic E-state index is 0.361. The molecule has 1 aromatic rings. The highest BCUT2D eigenvalue weighted by Gasteiger charge is 2.04. The monoisotopic (exact) mass is 304 g/mol. The molecule has 0 aliphatic heterocycles. The van der Waals surface area contributed by atoms with Gasteiger partial charge in [-0.1, -0.05) is 15.9 Å². The lowest BCUT2D eigenvalue weighted by Gasteiger charge is -2.09. The third-order valence-electron chi connectivity index (χ3n) is 1.97. The molecular formula is C11H14BrFN2O2. The predicted molar refractivity (Wildman–Crippen MR) is 67.4 cm³/mol. The van der Waals surface area contributed by atoms with Gasteiger partial charge in [-0.2, -0.15) is 0 Å². The number of hydrogen-bond acceptors (Lipinski definition) is 2. The summed E-state index contributed by atoms with van der Waals surface area (Å²) in [7, 11) is 0. The van der Waals surface area contributed by atoms with E-state index in [-0.39, 0.29) is 0 Å². The quantitative estimate of drug-likeness (QED) is 0.800. The third-order valence-corrected chi connectivity index (χ3v) is 2.43. The molecular weight excluding hydrogens is 291 g/mol. The first kappa shape index (κ1) is 13.9. The van der Waals surface area contributed by atoms with E-state index in [2.05, 4.69) is 26.6 Å². The Morgan fingerprint density at radius 3 is 2.82 bits per heavy atom. The van der Waals surface area contributed by atoms with Crippen molar-refractivity contribution in [1.82, 2.24) is 5.32 Å². The fourth-order valence-electron chi connectivity index (χ4n) is 1.20. The van der Waals surface area contributed by atoms with E-state index >= 15 is 0 Å². The molecule has 1 unspecified atom stereocenters. The van der Waals surface area contributed by atoms with E-state index in [4.69, 9.17) is 5.11 Å². The first-order chi connectivity index (χ1) is 7.97. The Labute approximate surface area is 107 Å². The van der Waals surface area contributed by atoms with E-state index in [0.29, 0.717) is 23.1 Å². The van der Waals surface area contributed by atoms with Crippen molar-refractivity contribution in [1.29, 1.82) is 0 Å². The van der Waals surface area contributed by atoms with Gasteiger partial charge in [0, 0.05) is 16.7 Å². The van der Waals surface area contributed by atoms with Crippen LogP contribution >= 0.6 is 15.9 Å². The highest BCUT2D eigenvalue weighted by Crippen LogP contribution is 2.18. The van der Waals surface area contributed by atoms with Crippen LogP contribution in [0.2, 0.25) is 0 Å². The Bertz CT molecular complexity index is 379. The molecule has 6 heteroatoms. The Morgan fingerprint density at radius 2 is 2.24 bits per heavy atom. The van der Waals surface area contributed by atoms with Crippen LogP contribution in [-0.2, 0) is 0 Å². The summed E-state index contributed by atoms with van der Waals surface area (Å²) in [5.74, 6) is -0.432. The second-order valence-corrected chi connectivity index (χ2v) is 4.59. The van der Waals surface area contributed by atoms with Crippen LogP contribution in [0.3, 0.4) is 0 Å². The number of anilines is 1. The molecule has 0 saturated carbocycles. The Balaban J connectivity index is 2.45. The van der Waals surface area contributed by atoms with Gasteiger partial charge >= 0.3 is 6.03 Å². The summed E-state index contributed by atoms with van der Waals surface area (Å²) in [6.45, 7) is 2.00. The highest BCUT2D eigenvalue weighted by molar-refractivity contribution is 9.10. The fraction of sp³-hybridized carbons (Fsp3) is 0.364. The van der Waals surface area contributed by atoms with Crippen molar-refractivity contribution in [2.75, 3.05) is 11.9 Å². The molecule has 0 aliphatic rings. The molecule has 2 amide bonds. The summed E-state index contributed by atoms with van der Waals surface area (Å²) < 4.78 is 13.6. The average Bonchev–Trinajstić information content (AvgIpc) is 2.14. The Kier molecular flexibility index (Phi) is 5.37. The lowest BCUT2D eigenvalue weighted by molar-refractivity contribution is 0.184. The molecule has 0 radical (unpaired) electrons. The molecule has 0 saturated heterocycles. The third kappa shape index (κ3) is 5.65. The lowest BCUT2D eigenvalue weighted by Crippen LogP contribution is -2.30. The predicted octanol–water partition coefficient (Wildman–Crippen LogP) is 2.48. The van der Waals surface area contributed by atoms with Gasteiger partial charge in [0.15, 0.2) is 0 Å². The van der Waals surface area contributed by atoms with E-state index in [0.717, 1.165) is 0 Å². The summed E-state index contributed by atoms with van der Waals surface area (Å²) in [5, 5.41) is 14.0. The van der Waals surface area contributed by atoms with E-state index in [9.17, 15) is 9.18 Å². The number of urea groups is 1. The summed E-state index contributed by atoms with van der Waals surface area (Å²) in [6.07, 6.45) is 0.0129. The molecule has 94 valence electrons. The number of carbonyl (C=O) groups is 1. The summed E-state index contributed by atoms with van der Waals surface area (Å²) >= 11 is 3.13. The number of hydrogen-bond donors (Lipinski definition) is 3. The molecule has 0 aliphatic carbocycles. The minimum Gasteiger partial charge on any atom is -0.393 e. The van der Waals surface area contributed by atoms with Crippen LogP contribution in [-0.4, -0.2) is 23.8 Å². The van der Waals surface area contributed by atoms with Crippen molar-refractivity contribution >= 4 is 27.6 Å². The summed E-state index contributed by atoms with van der Waals surface area (Å²) in [6, 6.07) is 3.69. The van der Waals surface area contributed by atoms with Gasteiger partial charge in [0.1, 0.15) is 5.82 Å². The maximum atomic E-state index is 13.0. The number of aliphatic hydroxyl groups is 1. The zero-order chi connectivity index (χ0) is 12.8. The molecule has 0 aromatic heterocycles. The average molecular weight is 305 g/mol. The van der Waals surface area contributed by atoms with Gasteiger partial charge in [-0.15, -0.1) is 0 Å². The zero-order valence-electron chi connectivity index (χ0n) is 9.34. The van der Waals surface area contributed by atoms with Crippen LogP contribution < -0.4 is 10.6 Å². The molecule has 0 heterocycles. The SMILES string of the molecule is CC(O)CCNC(=O)Nc1cc(F)cc(Br)c1. The van der Waals surface area contributed by atoms with E-state index in [1.165, 1.54) is 12.1 Å². The number of benzene rings is 1. The van der Waals surface area contributed by atoms with Gasteiger partial charge in [-0.3, -0.25) is 0 Å². The second kappa shape index (κ2) is 6.56. The molecule has 4 nitrogen and oxygen atoms in total. The van der Waals surface area contributed by atoms with Crippen molar-refractivity contribution in [2.24, 2.45) is 0 Å². The van der Waals surface area contributed by atoms with Crippen LogP contribution in [0.5, 0.6) is 0 Å². The van der Waals surface area contributed by atoms with Crippen LogP contribution in [0.15, 0.2) is 22.7 Å². The van der Waals surface area contributed by atoms with E-state index in [1.54, 1.807) is 13.0 Å². The number of amides is 2. The molecule has 0 fully saturated rings. The van der Waals surface area contributed by atoms with Gasteiger partial charge < -0.3 is 15.7 Å². The fourth-order valence-corrected chi connectivity index (χ4v) is 1.66. The van der Waals surface area contributed by atoms with Gasteiger partial charge in [0.05, 0.1) is 6.10 Å². The topological polar surface area (TPSA) is 61.4 Å². The second-order valence-electron chi connectivity index (χ2n) is 3.68. The van der Waals surface area contributed by atoms with Crippen molar-refractivity contribution in [3.05, 3.63) is 28.5 Å². The number of halogens is 2. The van der Waals surface area contributed by atoms with Crippen molar-refractivity contribution in [3.8, 4) is 0 Å². The van der Waals surface area contributed by atoms with Crippen LogP contribution in [0, 0.1) is 5.82 Å². The normalized spacial score (nSPS) is 12.0. The largest absolute Gasteiger partial charge is 0.393 e. The summed E-state index contributed by atoms with van der Waals surface area (Å²) in [4.78, 5) is 11.4.